The van der Waals surface area contributed by atoms with Gasteiger partial charge in [-0.2, -0.15) is 0 Å². The summed E-state index contributed by atoms with van der Waals surface area (Å²) in [7, 11) is 0. The van der Waals surface area contributed by atoms with E-state index in [-0.39, 0.29) is 5.91 Å². The minimum Gasteiger partial charge on any atom is -0.489 e. The second kappa shape index (κ2) is 5.65. The van der Waals surface area contributed by atoms with Gasteiger partial charge in [-0.1, -0.05) is 36.4 Å². The molecule has 3 aromatic rings. The highest BCUT2D eigenvalue weighted by molar-refractivity contribution is 6.24. The Morgan fingerprint density at radius 3 is 2.74 bits per heavy atom. The Hall–Kier alpha value is -3.01. The number of H-pyrrole nitrogens is 1. The first kappa shape index (κ1) is 13.6. The monoisotopic (exact) mass is 304 g/mol. The third-order valence-corrected chi connectivity index (χ3v) is 4.01. The van der Waals surface area contributed by atoms with Crippen LogP contribution in [-0.4, -0.2) is 17.4 Å². The highest BCUT2D eigenvalue weighted by Gasteiger charge is 2.19. The smallest absolute Gasteiger partial charge is 0.251 e. The molecule has 23 heavy (non-hydrogen) atoms. The van der Waals surface area contributed by atoms with Crippen molar-refractivity contribution in [2.45, 2.75) is 6.61 Å². The first-order valence-electron chi connectivity index (χ1n) is 7.58. The molecule has 2 heterocycles. The van der Waals surface area contributed by atoms with E-state index < -0.39 is 0 Å². The number of ether oxygens (including phenoxy) is 1. The molecule has 1 aromatic heterocycles. The van der Waals surface area contributed by atoms with E-state index in [2.05, 4.69) is 10.3 Å². The average molecular weight is 304 g/mol. The van der Waals surface area contributed by atoms with E-state index >= 15 is 0 Å². The fourth-order valence-corrected chi connectivity index (χ4v) is 2.82. The van der Waals surface area contributed by atoms with Gasteiger partial charge in [0.2, 0.25) is 0 Å². The van der Waals surface area contributed by atoms with Gasteiger partial charge in [0.25, 0.3) is 5.91 Å². The van der Waals surface area contributed by atoms with Crippen LogP contribution < -0.4 is 10.1 Å². The standard InChI is InChI=1S/C19H16N2O2/c22-19-15(8-9-20-19)17-11-21-18-7-6-14(10-16(17)18)23-12-13-4-2-1-3-5-13/h1-8,10-11,21H,9,12H2,(H,20,22). The molecule has 4 rings (SSSR count). The van der Waals surface area contributed by atoms with Crippen molar-refractivity contribution in [3.8, 4) is 5.75 Å². The van der Waals surface area contributed by atoms with Crippen LogP contribution in [0.4, 0.5) is 0 Å². The molecule has 0 bridgehead atoms. The molecule has 0 spiro atoms. The Kier molecular flexibility index (Phi) is 3.35. The summed E-state index contributed by atoms with van der Waals surface area (Å²) in [5, 5.41) is 3.81. The zero-order chi connectivity index (χ0) is 15.6. The van der Waals surface area contributed by atoms with Gasteiger partial charge in [-0.05, 0) is 23.8 Å². The number of hydrogen-bond donors (Lipinski definition) is 2. The van der Waals surface area contributed by atoms with Crippen LogP contribution in [0.2, 0.25) is 0 Å². The summed E-state index contributed by atoms with van der Waals surface area (Å²) in [6.45, 7) is 1.11. The number of aromatic nitrogens is 1. The number of hydrogen-bond acceptors (Lipinski definition) is 2. The van der Waals surface area contributed by atoms with Crippen LogP contribution in [0.15, 0.2) is 60.8 Å². The molecule has 1 aliphatic rings. The maximum Gasteiger partial charge on any atom is 0.251 e. The molecule has 2 aromatic carbocycles. The van der Waals surface area contributed by atoms with E-state index in [9.17, 15) is 4.79 Å². The van der Waals surface area contributed by atoms with Gasteiger partial charge >= 0.3 is 0 Å². The maximum absolute atomic E-state index is 11.9. The predicted molar refractivity (Wildman–Crippen MR) is 90.1 cm³/mol. The van der Waals surface area contributed by atoms with Crippen LogP contribution in [0.5, 0.6) is 5.75 Å². The van der Waals surface area contributed by atoms with Crippen LogP contribution in [-0.2, 0) is 11.4 Å². The fraction of sp³-hybridized carbons (Fsp3) is 0.105. The van der Waals surface area contributed by atoms with Crippen molar-refractivity contribution >= 4 is 22.4 Å². The van der Waals surface area contributed by atoms with Crippen LogP contribution in [0.3, 0.4) is 0 Å². The molecule has 0 aliphatic carbocycles. The van der Waals surface area contributed by atoms with Crippen molar-refractivity contribution < 1.29 is 9.53 Å². The Bertz CT molecular complexity index is 894. The van der Waals surface area contributed by atoms with E-state index in [1.807, 2.05) is 60.8 Å². The minimum atomic E-state index is -0.0264. The van der Waals surface area contributed by atoms with Crippen molar-refractivity contribution in [1.29, 1.82) is 0 Å². The molecule has 2 N–H and O–H groups in total. The lowest BCUT2D eigenvalue weighted by Crippen LogP contribution is -2.16. The topological polar surface area (TPSA) is 54.1 Å². The largest absolute Gasteiger partial charge is 0.489 e. The normalized spacial score (nSPS) is 13.9. The fourth-order valence-electron chi connectivity index (χ4n) is 2.82. The Balaban J connectivity index is 1.63. The van der Waals surface area contributed by atoms with Crippen molar-refractivity contribution in [2.24, 2.45) is 0 Å². The summed E-state index contributed by atoms with van der Waals surface area (Å²) >= 11 is 0. The number of fused-ring (bicyclic) bond motifs is 1. The van der Waals surface area contributed by atoms with E-state index in [0.29, 0.717) is 13.2 Å². The minimum absolute atomic E-state index is 0.0264. The molecular formula is C19H16N2O2. The number of rotatable bonds is 4. The number of aromatic amines is 1. The summed E-state index contributed by atoms with van der Waals surface area (Å²) in [5.41, 5.74) is 3.75. The van der Waals surface area contributed by atoms with Gasteiger partial charge in [-0.15, -0.1) is 0 Å². The zero-order valence-electron chi connectivity index (χ0n) is 12.5. The molecule has 0 unspecified atom stereocenters. The summed E-state index contributed by atoms with van der Waals surface area (Å²) in [4.78, 5) is 15.1. The molecule has 4 nitrogen and oxygen atoms in total. The molecular weight excluding hydrogens is 288 g/mol. The molecule has 0 radical (unpaired) electrons. The molecule has 0 fully saturated rings. The molecule has 1 aliphatic heterocycles. The molecule has 0 saturated heterocycles. The number of amides is 1. The van der Waals surface area contributed by atoms with E-state index in [1.165, 1.54) is 0 Å². The van der Waals surface area contributed by atoms with Gasteiger partial charge in [0.1, 0.15) is 12.4 Å². The third-order valence-electron chi connectivity index (χ3n) is 4.01. The lowest BCUT2D eigenvalue weighted by atomic mass is 10.1. The summed E-state index contributed by atoms with van der Waals surface area (Å²) in [6, 6.07) is 16.0. The average Bonchev–Trinajstić information content (AvgIpc) is 3.19. The quantitative estimate of drug-likeness (QED) is 0.777. The molecule has 0 saturated carbocycles. The predicted octanol–water partition coefficient (Wildman–Crippen LogP) is 3.26. The van der Waals surface area contributed by atoms with Gasteiger partial charge in [0.05, 0.1) is 0 Å². The number of benzene rings is 2. The summed E-state index contributed by atoms with van der Waals surface area (Å²) in [6.07, 6.45) is 3.80. The van der Waals surface area contributed by atoms with Crippen molar-refractivity contribution in [3.05, 3.63) is 71.9 Å². The first-order chi connectivity index (χ1) is 11.3. The lowest BCUT2D eigenvalue weighted by molar-refractivity contribution is -0.114. The second-order valence-corrected chi connectivity index (χ2v) is 5.51. The molecule has 4 heteroatoms. The van der Waals surface area contributed by atoms with Gasteiger partial charge < -0.3 is 15.0 Å². The number of nitrogens with one attached hydrogen (secondary N) is 2. The Morgan fingerprint density at radius 1 is 1.09 bits per heavy atom. The molecule has 0 atom stereocenters. The SMILES string of the molecule is O=C1NCC=C1c1c[nH]c2ccc(OCc3ccccc3)cc12. The van der Waals surface area contributed by atoms with Gasteiger partial charge in [0, 0.05) is 34.8 Å². The van der Waals surface area contributed by atoms with Crippen LogP contribution >= 0.6 is 0 Å². The lowest BCUT2D eigenvalue weighted by Gasteiger charge is -2.07. The molecule has 114 valence electrons. The van der Waals surface area contributed by atoms with E-state index in [0.717, 1.165) is 33.4 Å². The van der Waals surface area contributed by atoms with Crippen LogP contribution in [0.1, 0.15) is 11.1 Å². The highest BCUT2D eigenvalue weighted by atomic mass is 16.5. The van der Waals surface area contributed by atoms with Crippen molar-refractivity contribution in [1.82, 2.24) is 10.3 Å². The van der Waals surface area contributed by atoms with Gasteiger partial charge in [0.15, 0.2) is 0 Å². The summed E-state index contributed by atoms with van der Waals surface area (Å²) < 4.78 is 5.88. The first-order valence-corrected chi connectivity index (χ1v) is 7.58. The number of carbonyl (C=O) groups excluding carboxylic acids is 1. The third kappa shape index (κ3) is 2.59. The van der Waals surface area contributed by atoms with Crippen LogP contribution in [0.25, 0.3) is 16.5 Å². The van der Waals surface area contributed by atoms with Crippen molar-refractivity contribution in [3.63, 3.8) is 0 Å². The molecule has 1 amide bonds. The highest BCUT2D eigenvalue weighted by Crippen LogP contribution is 2.29. The van der Waals surface area contributed by atoms with Crippen LogP contribution in [0, 0.1) is 0 Å². The van der Waals surface area contributed by atoms with E-state index in [1.54, 1.807) is 0 Å². The van der Waals surface area contributed by atoms with Crippen molar-refractivity contribution in [2.75, 3.05) is 6.54 Å². The van der Waals surface area contributed by atoms with Gasteiger partial charge in [-0.3, -0.25) is 4.79 Å². The second-order valence-electron chi connectivity index (χ2n) is 5.51. The maximum atomic E-state index is 11.9. The van der Waals surface area contributed by atoms with Gasteiger partial charge in [-0.25, -0.2) is 0 Å². The Labute approximate surface area is 133 Å². The zero-order valence-corrected chi connectivity index (χ0v) is 12.5. The van der Waals surface area contributed by atoms with E-state index in [4.69, 9.17) is 4.74 Å². The summed E-state index contributed by atoms with van der Waals surface area (Å²) in [5.74, 6) is 0.766. The number of carbonyl (C=O) groups is 1. The Morgan fingerprint density at radius 2 is 1.96 bits per heavy atom.